The summed E-state index contributed by atoms with van der Waals surface area (Å²) in [6.07, 6.45) is 0. The summed E-state index contributed by atoms with van der Waals surface area (Å²) in [6, 6.07) is 11.3. The van der Waals surface area contributed by atoms with E-state index in [1.807, 2.05) is 36.4 Å². The molecule has 2 aromatic rings. The number of benzene rings is 2. The van der Waals surface area contributed by atoms with E-state index in [1.54, 1.807) is 6.07 Å². The molecule has 2 aromatic carbocycles. The Hall–Kier alpha value is -3.09. The van der Waals surface area contributed by atoms with Crippen molar-refractivity contribution < 1.29 is 24.2 Å². The number of ether oxygens (including phenoxy) is 1. The molecule has 3 N–H and O–H groups in total. The van der Waals surface area contributed by atoms with Crippen molar-refractivity contribution in [3.63, 3.8) is 0 Å². The van der Waals surface area contributed by atoms with Gasteiger partial charge in [-0.2, -0.15) is 0 Å². The zero-order valence-corrected chi connectivity index (χ0v) is 14.0. The van der Waals surface area contributed by atoms with Crippen LogP contribution < -0.4 is 15.4 Å². The number of nitrogens with one attached hydrogen (secondary N) is 2. The number of carboxylic acid groups (broad SMARTS) is 1. The van der Waals surface area contributed by atoms with Crippen LogP contribution in [0.5, 0.6) is 5.75 Å². The molecule has 2 atom stereocenters. The summed E-state index contributed by atoms with van der Waals surface area (Å²) in [5, 5.41) is 15.4. The van der Waals surface area contributed by atoms with Crippen LogP contribution in [0.15, 0.2) is 42.5 Å². The molecule has 2 rings (SSSR count). The van der Waals surface area contributed by atoms with Crippen LogP contribution >= 0.6 is 0 Å². The minimum absolute atomic E-state index is 0.250. The summed E-state index contributed by atoms with van der Waals surface area (Å²) < 4.78 is 5.54. The van der Waals surface area contributed by atoms with E-state index >= 15 is 0 Å². The van der Waals surface area contributed by atoms with Gasteiger partial charge in [0.2, 0.25) is 5.91 Å². The Morgan fingerprint density at radius 1 is 1.00 bits per heavy atom. The standard InChI is InChI=1S/C18H20N2O5/c1-11(17(22)20-12(2)18(23)24)19-16(21)10-25-15-9-5-7-13-6-3-4-8-14(13)15/h3-9,11-12H,10H2,1-2H3,(H,19,21)(H,20,22)(H,23,24)/t11-,12-/m0/s1. The Morgan fingerprint density at radius 2 is 1.68 bits per heavy atom. The van der Waals surface area contributed by atoms with E-state index in [1.165, 1.54) is 13.8 Å². The highest BCUT2D eigenvalue weighted by Gasteiger charge is 2.20. The van der Waals surface area contributed by atoms with Crippen molar-refractivity contribution in [3.8, 4) is 5.75 Å². The van der Waals surface area contributed by atoms with Gasteiger partial charge in [0.1, 0.15) is 17.8 Å². The number of fused-ring (bicyclic) bond motifs is 1. The molecule has 0 spiro atoms. The second-order valence-corrected chi connectivity index (χ2v) is 5.62. The summed E-state index contributed by atoms with van der Waals surface area (Å²) in [4.78, 5) is 34.5. The minimum Gasteiger partial charge on any atom is -0.483 e. The van der Waals surface area contributed by atoms with Gasteiger partial charge >= 0.3 is 5.97 Å². The lowest BCUT2D eigenvalue weighted by Gasteiger charge is -2.16. The van der Waals surface area contributed by atoms with E-state index in [2.05, 4.69) is 10.6 Å². The Morgan fingerprint density at radius 3 is 2.40 bits per heavy atom. The maximum absolute atomic E-state index is 12.0. The number of rotatable bonds is 7. The van der Waals surface area contributed by atoms with Crippen LogP contribution in [0.2, 0.25) is 0 Å². The molecule has 0 heterocycles. The van der Waals surface area contributed by atoms with Crippen LogP contribution in [0.4, 0.5) is 0 Å². The van der Waals surface area contributed by atoms with Crippen LogP contribution in [-0.2, 0) is 14.4 Å². The second-order valence-electron chi connectivity index (χ2n) is 5.62. The van der Waals surface area contributed by atoms with Crippen LogP contribution in [0, 0.1) is 0 Å². The zero-order valence-electron chi connectivity index (χ0n) is 14.0. The van der Waals surface area contributed by atoms with Crippen LogP contribution in [0.25, 0.3) is 10.8 Å². The summed E-state index contributed by atoms with van der Waals surface area (Å²) >= 11 is 0. The molecule has 7 nitrogen and oxygen atoms in total. The summed E-state index contributed by atoms with van der Waals surface area (Å²) in [5.74, 6) is -1.62. The Kier molecular flexibility index (Phi) is 5.94. The first kappa shape index (κ1) is 18.3. The molecule has 2 amide bonds. The van der Waals surface area contributed by atoms with E-state index in [0.717, 1.165) is 10.8 Å². The molecule has 7 heteroatoms. The average molecular weight is 344 g/mol. The SMILES string of the molecule is C[C@H](NC(=O)[C@H](C)NC(=O)COc1cccc2ccccc12)C(=O)O. The van der Waals surface area contributed by atoms with Crippen molar-refractivity contribution in [1.82, 2.24) is 10.6 Å². The van der Waals surface area contributed by atoms with E-state index < -0.39 is 29.9 Å². The zero-order chi connectivity index (χ0) is 18.4. The molecule has 0 unspecified atom stereocenters. The normalized spacial score (nSPS) is 12.9. The number of carboxylic acids is 1. The van der Waals surface area contributed by atoms with Crippen LogP contribution in [0.3, 0.4) is 0 Å². The van der Waals surface area contributed by atoms with Gasteiger partial charge in [-0.15, -0.1) is 0 Å². The van der Waals surface area contributed by atoms with Crippen molar-refractivity contribution in [2.24, 2.45) is 0 Å². The summed E-state index contributed by atoms with van der Waals surface area (Å²) in [6.45, 7) is 2.57. The first-order chi connectivity index (χ1) is 11.9. The first-order valence-corrected chi connectivity index (χ1v) is 7.81. The average Bonchev–Trinajstić information content (AvgIpc) is 2.59. The van der Waals surface area contributed by atoms with Gasteiger partial charge in [0, 0.05) is 5.39 Å². The number of hydrogen-bond acceptors (Lipinski definition) is 4. The second kappa shape index (κ2) is 8.14. The molecule has 0 bridgehead atoms. The van der Waals surface area contributed by atoms with Crippen molar-refractivity contribution in [1.29, 1.82) is 0 Å². The van der Waals surface area contributed by atoms with E-state index in [0.29, 0.717) is 5.75 Å². The monoisotopic (exact) mass is 344 g/mol. The molecule has 25 heavy (non-hydrogen) atoms. The topological polar surface area (TPSA) is 105 Å². The number of hydrogen-bond donors (Lipinski definition) is 3. The number of carbonyl (C=O) groups excluding carboxylic acids is 2. The van der Waals surface area contributed by atoms with Gasteiger partial charge in [0.15, 0.2) is 6.61 Å². The van der Waals surface area contributed by atoms with Gasteiger partial charge in [-0.25, -0.2) is 0 Å². The van der Waals surface area contributed by atoms with Gasteiger partial charge in [0.05, 0.1) is 0 Å². The van der Waals surface area contributed by atoms with Gasteiger partial charge in [0.25, 0.3) is 5.91 Å². The lowest BCUT2D eigenvalue weighted by Crippen LogP contribution is -2.50. The fourth-order valence-electron chi connectivity index (χ4n) is 2.21. The fraction of sp³-hybridized carbons (Fsp3) is 0.278. The maximum atomic E-state index is 12.0. The molecule has 0 saturated carbocycles. The predicted octanol–water partition coefficient (Wildman–Crippen LogP) is 1.31. The van der Waals surface area contributed by atoms with Gasteiger partial charge in [-0.1, -0.05) is 36.4 Å². The fourth-order valence-corrected chi connectivity index (χ4v) is 2.21. The third-order valence-corrected chi connectivity index (χ3v) is 3.61. The van der Waals surface area contributed by atoms with Gasteiger partial charge in [-0.3, -0.25) is 14.4 Å². The largest absolute Gasteiger partial charge is 0.483 e. The number of carbonyl (C=O) groups is 3. The van der Waals surface area contributed by atoms with Crippen molar-refractivity contribution in [3.05, 3.63) is 42.5 Å². The predicted molar refractivity (Wildman–Crippen MR) is 92.3 cm³/mol. The van der Waals surface area contributed by atoms with E-state index in [-0.39, 0.29) is 6.61 Å². The molecule has 0 aromatic heterocycles. The molecule has 132 valence electrons. The van der Waals surface area contributed by atoms with Crippen molar-refractivity contribution in [2.75, 3.05) is 6.61 Å². The van der Waals surface area contributed by atoms with Crippen molar-refractivity contribution >= 4 is 28.6 Å². The lowest BCUT2D eigenvalue weighted by atomic mass is 10.1. The Balaban J connectivity index is 1.89. The molecule has 0 aliphatic carbocycles. The first-order valence-electron chi connectivity index (χ1n) is 7.81. The van der Waals surface area contributed by atoms with Crippen molar-refractivity contribution in [2.45, 2.75) is 25.9 Å². The third kappa shape index (κ3) is 4.94. The Bertz CT molecular complexity index is 785. The highest BCUT2D eigenvalue weighted by molar-refractivity contribution is 5.91. The summed E-state index contributed by atoms with van der Waals surface area (Å²) in [7, 11) is 0. The molecular formula is C18H20N2O5. The summed E-state index contributed by atoms with van der Waals surface area (Å²) in [5.41, 5.74) is 0. The third-order valence-electron chi connectivity index (χ3n) is 3.61. The molecule has 0 fully saturated rings. The smallest absolute Gasteiger partial charge is 0.325 e. The van der Waals surface area contributed by atoms with Crippen LogP contribution in [0.1, 0.15) is 13.8 Å². The number of aliphatic carboxylic acids is 1. The molecular weight excluding hydrogens is 324 g/mol. The Labute approximate surface area is 145 Å². The van der Waals surface area contributed by atoms with Crippen LogP contribution in [-0.4, -0.2) is 41.6 Å². The molecule has 0 saturated heterocycles. The van der Waals surface area contributed by atoms with Gasteiger partial charge in [-0.05, 0) is 25.3 Å². The highest BCUT2D eigenvalue weighted by Crippen LogP contribution is 2.24. The highest BCUT2D eigenvalue weighted by atomic mass is 16.5. The molecule has 0 aliphatic rings. The quantitative estimate of drug-likeness (QED) is 0.702. The molecule has 0 aliphatic heterocycles. The number of amides is 2. The lowest BCUT2D eigenvalue weighted by molar-refractivity contribution is -0.141. The van der Waals surface area contributed by atoms with E-state index in [4.69, 9.17) is 9.84 Å². The molecule has 0 radical (unpaired) electrons. The maximum Gasteiger partial charge on any atom is 0.325 e. The minimum atomic E-state index is -1.15. The van der Waals surface area contributed by atoms with Gasteiger partial charge < -0.3 is 20.5 Å². The van der Waals surface area contributed by atoms with E-state index in [9.17, 15) is 14.4 Å².